The fraction of sp³-hybridized carbons (Fsp3) is 0.148. The van der Waals surface area contributed by atoms with Gasteiger partial charge in [-0.1, -0.05) is 48.0 Å². The summed E-state index contributed by atoms with van der Waals surface area (Å²) in [5, 5.41) is 14.5. The minimum absolute atomic E-state index is 0. The van der Waals surface area contributed by atoms with E-state index in [1.165, 1.54) is 5.56 Å². The molecule has 3 aromatic carbocycles. The molecule has 3 aliphatic heterocycles. The number of rotatable bonds is 0. The van der Waals surface area contributed by atoms with Gasteiger partial charge in [0.25, 0.3) is 0 Å². The van der Waals surface area contributed by atoms with Crippen LogP contribution in [0.15, 0.2) is 60.7 Å². The number of anilines is 3. The molecule has 8 nitrogen and oxygen atoms in total. The third-order valence-electron chi connectivity index (χ3n) is 5.37. The summed E-state index contributed by atoms with van der Waals surface area (Å²) in [6.07, 6.45) is 1.48. The average molecular weight is 528 g/mol. The number of para-hydroxylation sites is 1. The van der Waals surface area contributed by atoms with E-state index in [0.717, 1.165) is 33.8 Å². The molecule has 184 valence electrons. The molecule has 3 amide bonds. The quantitative estimate of drug-likeness (QED) is 0.295. The van der Waals surface area contributed by atoms with Gasteiger partial charge in [0, 0.05) is 17.1 Å². The van der Waals surface area contributed by atoms with E-state index >= 15 is 0 Å². The van der Waals surface area contributed by atoms with Gasteiger partial charge in [-0.25, -0.2) is 4.85 Å². The van der Waals surface area contributed by atoms with Crippen molar-refractivity contribution >= 4 is 40.5 Å². The summed E-state index contributed by atoms with van der Waals surface area (Å²) in [6.45, 7) is 13.6. The summed E-state index contributed by atoms with van der Waals surface area (Å²) in [4.78, 5) is 35.9. The molecule has 3 heterocycles. The Hall–Kier alpha value is -4.43. The van der Waals surface area contributed by atoms with Crippen molar-refractivity contribution < 1.29 is 31.5 Å². The van der Waals surface area contributed by atoms with Crippen molar-refractivity contribution in [2.45, 2.75) is 26.2 Å². The Bertz CT molecular complexity index is 1330. The van der Waals surface area contributed by atoms with Crippen LogP contribution in [0.2, 0.25) is 0 Å². The third-order valence-corrected chi connectivity index (χ3v) is 5.37. The normalized spacial score (nSPS) is 13.0. The van der Waals surface area contributed by atoms with E-state index in [1.54, 1.807) is 18.2 Å². The van der Waals surface area contributed by atoms with Crippen molar-refractivity contribution in [2.24, 2.45) is 0 Å². The minimum atomic E-state index is 0. The van der Waals surface area contributed by atoms with E-state index in [-0.39, 0.29) is 34.8 Å². The number of fused-ring (bicyclic) bond motifs is 3. The largest absolute Gasteiger partial charge is 1.00 e. The smallest absolute Gasteiger partial charge is 0.512 e. The molecule has 36 heavy (non-hydrogen) atoms. The molecule has 6 rings (SSSR count). The first kappa shape index (κ1) is 27.8. The van der Waals surface area contributed by atoms with Crippen molar-refractivity contribution in [3.05, 3.63) is 101 Å². The monoisotopic (exact) mass is 527 g/mol. The van der Waals surface area contributed by atoms with Gasteiger partial charge >= 0.3 is 17.1 Å². The number of nitrogens with zero attached hydrogens (tertiary/aromatic N) is 2. The van der Waals surface area contributed by atoms with Crippen LogP contribution in [0.3, 0.4) is 0 Å². The van der Waals surface area contributed by atoms with Crippen LogP contribution in [0.5, 0.6) is 0 Å². The molecule has 0 aromatic heterocycles. The molecule has 0 spiro atoms. The van der Waals surface area contributed by atoms with Crippen molar-refractivity contribution in [3.8, 4) is 0 Å². The topological polar surface area (TPSA) is 115 Å². The zero-order valence-corrected chi connectivity index (χ0v) is 20.3. The van der Waals surface area contributed by atoms with Gasteiger partial charge in [0.2, 0.25) is 17.7 Å². The van der Waals surface area contributed by atoms with E-state index in [1.807, 2.05) is 49.4 Å². The summed E-state index contributed by atoms with van der Waals surface area (Å²) in [7, 11) is 0. The number of carbonyl (C=O) groups is 3. The molecule has 0 fully saturated rings. The SMILES string of the molecule is Cc1ccc2c(c1)CC(=O)N2.O=C1Cc2ccccc2N1.[C-]#N.[C-]#[N+]c1ccc2c(c1)CC(=O)N2.[Cu+]. The summed E-state index contributed by atoms with van der Waals surface area (Å²) in [6, 6.07) is 19.0. The summed E-state index contributed by atoms with van der Waals surface area (Å²) >= 11 is 0. The molecule has 3 N–H and O–H groups in total. The van der Waals surface area contributed by atoms with Gasteiger partial charge in [-0.05, 0) is 41.8 Å². The maximum absolute atomic E-state index is 10.9. The summed E-state index contributed by atoms with van der Waals surface area (Å²) in [5.74, 6) is 0.207. The Morgan fingerprint density at radius 3 is 1.72 bits per heavy atom. The maximum Gasteiger partial charge on any atom is 1.00 e. The summed E-state index contributed by atoms with van der Waals surface area (Å²) < 4.78 is 0. The van der Waals surface area contributed by atoms with Gasteiger partial charge in [-0.2, -0.15) is 0 Å². The molecule has 0 aliphatic carbocycles. The van der Waals surface area contributed by atoms with E-state index in [2.05, 4.69) is 20.8 Å². The number of aryl methyl sites for hydroxylation is 1. The molecule has 0 unspecified atom stereocenters. The maximum atomic E-state index is 10.9. The van der Waals surface area contributed by atoms with Crippen LogP contribution in [-0.2, 0) is 50.7 Å². The molecular formula is C27H22CuN5O3. The second-order valence-corrected chi connectivity index (χ2v) is 7.95. The number of benzene rings is 3. The van der Waals surface area contributed by atoms with Crippen LogP contribution in [0.25, 0.3) is 4.85 Å². The molecule has 0 atom stereocenters. The van der Waals surface area contributed by atoms with Crippen molar-refractivity contribution in [1.29, 1.82) is 5.26 Å². The first-order valence-corrected chi connectivity index (χ1v) is 10.7. The Morgan fingerprint density at radius 2 is 1.17 bits per heavy atom. The van der Waals surface area contributed by atoms with E-state index in [0.29, 0.717) is 24.9 Å². The molecule has 3 aliphatic rings. The van der Waals surface area contributed by atoms with Crippen LogP contribution >= 0.6 is 0 Å². The van der Waals surface area contributed by atoms with Crippen LogP contribution < -0.4 is 16.0 Å². The number of amides is 3. The van der Waals surface area contributed by atoms with Gasteiger partial charge in [0.15, 0.2) is 5.69 Å². The zero-order chi connectivity index (χ0) is 25.4. The first-order valence-electron chi connectivity index (χ1n) is 10.7. The van der Waals surface area contributed by atoms with Gasteiger partial charge in [0.05, 0.1) is 25.8 Å². The number of nitrogens with one attached hydrogen (secondary N) is 3. The number of carbonyl (C=O) groups excluding carboxylic acids is 3. The minimum Gasteiger partial charge on any atom is -0.512 e. The Kier molecular flexibility index (Phi) is 9.94. The second kappa shape index (κ2) is 12.9. The van der Waals surface area contributed by atoms with Gasteiger partial charge in [0.1, 0.15) is 0 Å². The van der Waals surface area contributed by atoms with Crippen molar-refractivity contribution in [2.75, 3.05) is 16.0 Å². The van der Waals surface area contributed by atoms with E-state index in [9.17, 15) is 14.4 Å². The standard InChI is InChI=1S/C9H6N2O.C9H9NO.C8H7NO.CN.Cu/c1-10-7-2-3-8-6(4-7)5-9(12)11-8;1-6-2-3-8-7(4-6)5-9(11)10-8;10-8-5-6-3-1-2-4-7(6)9-8;1-2;/h2-4H,5H2,(H,11,12);2-4H,5H2,1H3,(H,10,11);1-4H,5H2,(H,9,10);;/q;;;-1;+1. The molecule has 0 radical (unpaired) electrons. The van der Waals surface area contributed by atoms with Crippen LogP contribution in [0.1, 0.15) is 22.3 Å². The van der Waals surface area contributed by atoms with Gasteiger partial charge in [-0.15, -0.1) is 0 Å². The predicted molar refractivity (Wildman–Crippen MR) is 132 cm³/mol. The van der Waals surface area contributed by atoms with E-state index < -0.39 is 0 Å². The Morgan fingerprint density at radius 1 is 0.694 bits per heavy atom. The zero-order valence-electron chi connectivity index (χ0n) is 19.3. The third kappa shape index (κ3) is 7.04. The molecule has 0 saturated carbocycles. The Labute approximate surface area is 220 Å². The van der Waals surface area contributed by atoms with Crippen molar-refractivity contribution in [3.63, 3.8) is 0 Å². The van der Waals surface area contributed by atoms with Crippen molar-refractivity contribution in [1.82, 2.24) is 0 Å². The molecule has 0 saturated heterocycles. The fourth-order valence-electron chi connectivity index (χ4n) is 3.81. The van der Waals surface area contributed by atoms with Gasteiger partial charge < -0.3 is 27.8 Å². The molecular weight excluding hydrogens is 506 g/mol. The second-order valence-electron chi connectivity index (χ2n) is 7.95. The average Bonchev–Trinajstić information content (AvgIpc) is 3.53. The molecule has 9 heteroatoms. The van der Waals surface area contributed by atoms with Gasteiger partial charge in [-0.3, -0.25) is 14.4 Å². The summed E-state index contributed by atoms with van der Waals surface area (Å²) in [5.41, 5.74) is 7.72. The molecule has 0 bridgehead atoms. The van der Waals surface area contributed by atoms with Crippen LogP contribution in [-0.4, -0.2) is 17.7 Å². The molecule has 3 aromatic rings. The van der Waals surface area contributed by atoms with Crippen LogP contribution in [0.4, 0.5) is 22.7 Å². The number of hydrogen-bond donors (Lipinski definition) is 3. The Balaban J connectivity index is 0.000000182. The van der Waals surface area contributed by atoms with E-state index in [4.69, 9.17) is 18.4 Å². The first-order chi connectivity index (χ1) is 16.9. The predicted octanol–water partition coefficient (Wildman–Crippen LogP) is 4.50. The van der Waals surface area contributed by atoms with Crippen LogP contribution in [0, 0.1) is 25.3 Å². The fourth-order valence-corrected chi connectivity index (χ4v) is 3.81. The number of hydrogen-bond acceptors (Lipinski definition) is 4.